The molecule has 0 fully saturated rings. The number of carbonyl (C=O) groups is 2. The SMILES string of the molecule is CCOC(=O)c1cccc(NC(=O)C(C)Oc2ccc(N(C)S(C)(=O)=O)cc2)c1. The summed E-state index contributed by atoms with van der Waals surface area (Å²) >= 11 is 0. The highest BCUT2D eigenvalue weighted by Crippen LogP contribution is 2.21. The summed E-state index contributed by atoms with van der Waals surface area (Å²) in [6, 6.07) is 12.8. The lowest BCUT2D eigenvalue weighted by atomic mass is 10.2. The van der Waals surface area contributed by atoms with Crippen LogP contribution in [-0.4, -0.2) is 46.3 Å². The predicted molar refractivity (Wildman–Crippen MR) is 111 cm³/mol. The molecular formula is C20H24N2O6S. The van der Waals surface area contributed by atoms with Crippen LogP contribution in [0.1, 0.15) is 24.2 Å². The molecule has 0 saturated carbocycles. The highest BCUT2D eigenvalue weighted by molar-refractivity contribution is 7.92. The zero-order valence-corrected chi connectivity index (χ0v) is 17.5. The van der Waals surface area contributed by atoms with Crippen LogP contribution in [0.3, 0.4) is 0 Å². The van der Waals surface area contributed by atoms with Crippen molar-refractivity contribution in [3.63, 3.8) is 0 Å². The van der Waals surface area contributed by atoms with Gasteiger partial charge < -0.3 is 14.8 Å². The number of hydrogen-bond donors (Lipinski definition) is 1. The quantitative estimate of drug-likeness (QED) is 0.659. The summed E-state index contributed by atoms with van der Waals surface area (Å²) in [5.74, 6) is -0.450. The molecular weight excluding hydrogens is 396 g/mol. The molecule has 0 aliphatic rings. The van der Waals surface area contributed by atoms with Gasteiger partial charge in [-0.3, -0.25) is 9.10 Å². The predicted octanol–water partition coefficient (Wildman–Crippen LogP) is 2.67. The molecule has 1 amide bonds. The second-order valence-electron chi connectivity index (χ2n) is 6.27. The lowest BCUT2D eigenvalue weighted by molar-refractivity contribution is -0.122. The Morgan fingerprint density at radius 3 is 2.38 bits per heavy atom. The van der Waals surface area contributed by atoms with Crippen molar-refractivity contribution < 1.29 is 27.5 Å². The van der Waals surface area contributed by atoms with Crippen LogP contribution in [0.5, 0.6) is 5.75 Å². The summed E-state index contributed by atoms with van der Waals surface area (Å²) in [4.78, 5) is 24.2. The highest BCUT2D eigenvalue weighted by Gasteiger charge is 2.17. The normalized spacial score (nSPS) is 12.0. The smallest absolute Gasteiger partial charge is 0.338 e. The number of ether oxygens (including phenoxy) is 2. The molecule has 0 aliphatic heterocycles. The van der Waals surface area contributed by atoms with Crippen molar-refractivity contribution in [2.45, 2.75) is 20.0 Å². The van der Waals surface area contributed by atoms with Crippen molar-refractivity contribution in [3.05, 3.63) is 54.1 Å². The van der Waals surface area contributed by atoms with Gasteiger partial charge >= 0.3 is 5.97 Å². The fraction of sp³-hybridized carbons (Fsp3) is 0.300. The maximum Gasteiger partial charge on any atom is 0.338 e. The van der Waals surface area contributed by atoms with E-state index in [0.29, 0.717) is 22.7 Å². The van der Waals surface area contributed by atoms with Gasteiger partial charge in [0.2, 0.25) is 10.0 Å². The lowest BCUT2D eigenvalue weighted by Gasteiger charge is -2.18. The largest absolute Gasteiger partial charge is 0.481 e. The number of amides is 1. The molecule has 1 unspecified atom stereocenters. The van der Waals surface area contributed by atoms with Crippen molar-refractivity contribution in [1.82, 2.24) is 0 Å². The molecule has 156 valence electrons. The van der Waals surface area contributed by atoms with E-state index in [1.807, 2.05) is 0 Å². The Kier molecular flexibility index (Phi) is 7.22. The van der Waals surface area contributed by atoms with Gasteiger partial charge in [-0.15, -0.1) is 0 Å². The number of hydrogen-bond acceptors (Lipinski definition) is 6. The second kappa shape index (κ2) is 9.42. The number of esters is 1. The fourth-order valence-electron chi connectivity index (χ4n) is 2.37. The highest BCUT2D eigenvalue weighted by atomic mass is 32.2. The Bertz CT molecular complexity index is 973. The van der Waals surface area contributed by atoms with Gasteiger partial charge in [-0.2, -0.15) is 0 Å². The van der Waals surface area contributed by atoms with Gasteiger partial charge in [0.05, 0.1) is 24.1 Å². The second-order valence-corrected chi connectivity index (χ2v) is 8.29. The van der Waals surface area contributed by atoms with Crippen molar-refractivity contribution in [2.24, 2.45) is 0 Å². The standard InChI is InChI=1S/C20H24N2O6S/c1-5-27-20(24)15-7-6-8-16(13-15)21-19(23)14(2)28-18-11-9-17(10-12-18)22(3)29(4,25)26/h6-14H,5H2,1-4H3,(H,21,23). The number of nitrogens with zero attached hydrogens (tertiary/aromatic N) is 1. The summed E-state index contributed by atoms with van der Waals surface area (Å²) < 4.78 is 34.8. The molecule has 0 aliphatic carbocycles. The first-order valence-corrected chi connectivity index (χ1v) is 10.8. The zero-order valence-electron chi connectivity index (χ0n) is 16.7. The van der Waals surface area contributed by atoms with E-state index in [2.05, 4.69) is 5.32 Å². The van der Waals surface area contributed by atoms with Crippen molar-refractivity contribution in [1.29, 1.82) is 0 Å². The molecule has 8 nitrogen and oxygen atoms in total. The zero-order chi connectivity index (χ0) is 21.6. The number of carbonyl (C=O) groups excluding carboxylic acids is 2. The minimum atomic E-state index is -3.36. The van der Waals surface area contributed by atoms with Gasteiger partial charge in [-0.25, -0.2) is 13.2 Å². The summed E-state index contributed by atoms with van der Waals surface area (Å²) in [7, 11) is -1.91. The van der Waals surface area contributed by atoms with Gasteiger partial charge in [0, 0.05) is 12.7 Å². The van der Waals surface area contributed by atoms with Crippen LogP contribution in [0.25, 0.3) is 0 Å². The molecule has 29 heavy (non-hydrogen) atoms. The van der Waals surface area contributed by atoms with Crippen LogP contribution in [0.4, 0.5) is 11.4 Å². The van der Waals surface area contributed by atoms with Crippen LogP contribution in [-0.2, 0) is 19.6 Å². The van der Waals surface area contributed by atoms with Gasteiger partial charge in [0.1, 0.15) is 5.75 Å². The van der Waals surface area contributed by atoms with Crippen LogP contribution in [0.2, 0.25) is 0 Å². The maximum atomic E-state index is 12.4. The van der Waals surface area contributed by atoms with Crippen molar-refractivity contribution >= 4 is 33.3 Å². The minimum Gasteiger partial charge on any atom is -0.481 e. The molecule has 2 aromatic carbocycles. The molecule has 1 atom stereocenters. The number of benzene rings is 2. The Morgan fingerprint density at radius 1 is 1.14 bits per heavy atom. The molecule has 0 spiro atoms. The first-order valence-electron chi connectivity index (χ1n) is 8.90. The number of sulfonamides is 1. The topological polar surface area (TPSA) is 102 Å². The molecule has 0 bridgehead atoms. The van der Waals surface area contributed by atoms with E-state index in [1.165, 1.54) is 13.1 Å². The summed E-state index contributed by atoms with van der Waals surface area (Å²) in [6.07, 6.45) is 0.292. The van der Waals surface area contributed by atoms with Gasteiger partial charge in [0.25, 0.3) is 5.91 Å². The lowest BCUT2D eigenvalue weighted by Crippen LogP contribution is -2.30. The number of anilines is 2. The van der Waals surface area contributed by atoms with Gasteiger partial charge in [0.15, 0.2) is 6.10 Å². The number of nitrogens with one attached hydrogen (secondary N) is 1. The van der Waals surface area contributed by atoms with Gasteiger partial charge in [-0.05, 0) is 56.3 Å². The van der Waals surface area contributed by atoms with E-state index in [4.69, 9.17) is 9.47 Å². The molecule has 2 aromatic rings. The fourth-order valence-corrected chi connectivity index (χ4v) is 2.87. The van der Waals surface area contributed by atoms with E-state index in [-0.39, 0.29) is 6.61 Å². The molecule has 0 heterocycles. The molecule has 2 rings (SSSR count). The van der Waals surface area contributed by atoms with Crippen LogP contribution in [0.15, 0.2) is 48.5 Å². The molecule has 0 saturated heterocycles. The van der Waals surface area contributed by atoms with E-state index >= 15 is 0 Å². The molecule has 9 heteroatoms. The Hall–Kier alpha value is -3.07. The Labute approximate surface area is 170 Å². The molecule has 0 aromatic heterocycles. The average Bonchev–Trinajstić information content (AvgIpc) is 2.67. The first kappa shape index (κ1) is 22.2. The minimum absolute atomic E-state index is 0.263. The van der Waals surface area contributed by atoms with Gasteiger partial charge in [-0.1, -0.05) is 6.07 Å². The summed E-state index contributed by atoms with van der Waals surface area (Å²) in [5, 5.41) is 2.69. The third-order valence-electron chi connectivity index (χ3n) is 4.02. The molecule has 0 radical (unpaired) electrons. The Balaban J connectivity index is 2.01. The third kappa shape index (κ3) is 6.21. The third-order valence-corrected chi connectivity index (χ3v) is 5.23. The van der Waals surface area contributed by atoms with E-state index in [9.17, 15) is 18.0 Å². The van der Waals surface area contributed by atoms with Crippen LogP contribution in [0, 0.1) is 0 Å². The van der Waals surface area contributed by atoms with Crippen molar-refractivity contribution in [3.8, 4) is 5.75 Å². The average molecular weight is 420 g/mol. The summed E-state index contributed by atoms with van der Waals surface area (Å²) in [6.45, 7) is 3.56. The maximum absolute atomic E-state index is 12.4. The summed E-state index contributed by atoms with van der Waals surface area (Å²) in [5.41, 5.74) is 1.26. The van der Waals surface area contributed by atoms with Crippen molar-refractivity contribution in [2.75, 3.05) is 29.5 Å². The van der Waals surface area contributed by atoms with Crippen LogP contribution >= 0.6 is 0 Å². The van der Waals surface area contributed by atoms with E-state index in [1.54, 1.807) is 56.3 Å². The van der Waals surface area contributed by atoms with E-state index < -0.39 is 28.0 Å². The van der Waals surface area contributed by atoms with E-state index in [0.717, 1.165) is 10.6 Å². The number of rotatable bonds is 8. The Morgan fingerprint density at radius 2 is 1.79 bits per heavy atom. The van der Waals surface area contributed by atoms with Crippen LogP contribution < -0.4 is 14.4 Å². The first-order chi connectivity index (χ1) is 13.6. The molecule has 1 N–H and O–H groups in total. The monoisotopic (exact) mass is 420 g/mol.